The molecule has 5 nitrogen and oxygen atoms in total. The first-order valence-corrected chi connectivity index (χ1v) is 8.21. The number of hydrogen-bond acceptors (Lipinski definition) is 5. The molecular weight excluding hydrogens is 318 g/mol. The van der Waals surface area contributed by atoms with E-state index >= 15 is 0 Å². The van der Waals surface area contributed by atoms with Gasteiger partial charge < -0.3 is 14.6 Å². The summed E-state index contributed by atoms with van der Waals surface area (Å²) in [5.74, 6) is 1.39. The van der Waals surface area contributed by atoms with Crippen molar-refractivity contribution < 1.29 is 19.4 Å². The molecule has 0 heterocycles. The zero-order valence-corrected chi connectivity index (χ0v) is 14.9. The number of aliphatic hydroxyl groups excluding tert-OH is 1. The van der Waals surface area contributed by atoms with Crippen LogP contribution in [-0.2, 0) is 6.54 Å². The first kappa shape index (κ1) is 19.0. The van der Waals surface area contributed by atoms with Gasteiger partial charge in [-0.25, -0.2) is 0 Å². The minimum Gasteiger partial charge on any atom is -0.497 e. The van der Waals surface area contributed by atoms with Crippen LogP contribution in [0.15, 0.2) is 48.5 Å². The van der Waals surface area contributed by atoms with Gasteiger partial charge in [0, 0.05) is 18.7 Å². The van der Waals surface area contributed by atoms with Crippen molar-refractivity contribution in [1.29, 1.82) is 0 Å². The molecule has 0 bridgehead atoms. The van der Waals surface area contributed by atoms with E-state index in [9.17, 15) is 9.90 Å². The highest BCUT2D eigenvalue weighted by Gasteiger charge is 2.11. The molecule has 1 N–H and O–H groups in total. The minimum atomic E-state index is -0.628. The van der Waals surface area contributed by atoms with E-state index in [0.717, 1.165) is 11.3 Å². The summed E-state index contributed by atoms with van der Waals surface area (Å²) in [4.78, 5) is 13.4. The lowest BCUT2D eigenvalue weighted by Crippen LogP contribution is -2.32. The van der Waals surface area contributed by atoms with Crippen LogP contribution in [0.5, 0.6) is 11.5 Å². The number of benzene rings is 2. The molecule has 5 heteroatoms. The number of hydrogen-bond donors (Lipinski definition) is 1. The smallest absolute Gasteiger partial charge is 0.159 e. The molecule has 0 aromatic heterocycles. The molecule has 2 rings (SSSR count). The number of rotatable bonds is 9. The van der Waals surface area contributed by atoms with E-state index in [0.29, 0.717) is 24.4 Å². The summed E-state index contributed by atoms with van der Waals surface area (Å²) >= 11 is 0. The lowest BCUT2D eigenvalue weighted by atomic mass is 10.1. The quantitative estimate of drug-likeness (QED) is 0.710. The number of nitrogens with zero attached hydrogens (tertiary/aromatic N) is 1. The first-order valence-electron chi connectivity index (χ1n) is 8.21. The van der Waals surface area contributed by atoms with Gasteiger partial charge in [0.1, 0.15) is 24.2 Å². The maximum atomic E-state index is 11.4. The molecule has 0 aliphatic carbocycles. The Bertz CT molecular complexity index is 702. The minimum absolute atomic E-state index is 0.0102. The number of carbonyl (C=O) groups is 1. The Kier molecular flexibility index (Phi) is 6.98. The van der Waals surface area contributed by atoms with Gasteiger partial charge in [-0.1, -0.05) is 24.3 Å². The molecule has 2 aromatic carbocycles. The van der Waals surface area contributed by atoms with Gasteiger partial charge in [-0.3, -0.25) is 9.69 Å². The molecule has 0 aliphatic rings. The molecule has 0 saturated heterocycles. The topological polar surface area (TPSA) is 59.0 Å². The van der Waals surface area contributed by atoms with E-state index in [-0.39, 0.29) is 12.4 Å². The molecule has 0 amide bonds. The first-order chi connectivity index (χ1) is 12.0. The van der Waals surface area contributed by atoms with Crippen molar-refractivity contribution in [3.63, 3.8) is 0 Å². The van der Waals surface area contributed by atoms with Gasteiger partial charge >= 0.3 is 0 Å². The lowest BCUT2D eigenvalue weighted by Gasteiger charge is -2.21. The van der Waals surface area contributed by atoms with Crippen molar-refractivity contribution in [2.45, 2.75) is 19.6 Å². The molecule has 134 valence electrons. The molecule has 0 spiro atoms. The fourth-order valence-electron chi connectivity index (χ4n) is 2.56. The summed E-state index contributed by atoms with van der Waals surface area (Å²) in [7, 11) is 3.59. The monoisotopic (exact) mass is 343 g/mol. The van der Waals surface area contributed by atoms with Crippen molar-refractivity contribution in [3.05, 3.63) is 59.7 Å². The molecule has 0 radical (unpaired) electrons. The molecule has 0 fully saturated rings. The maximum absolute atomic E-state index is 11.4. The van der Waals surface area contributed by atoms with Gasteiger partial charge in [0.15, 0.2) is 5.78 Å². The summed E-state index contributed by atoms with van der Waals surface area (Å²) < 4.78 is 10.8. The van der Waals surface area contributed by atoms with Crippen LogP contribution in [0.1, 0.15) is 22.8 Å². The van der Waals surface area contributed by atoms with Crippen LogP contribution in [0.2, 0.25) is 0 Å². The Morgan fingerprint density at radius 1 is 1.16 bits per heavy atom. The highest BCUT2D eigenvalue weighted by Crippen LogP contribution is 2.15. The Morgan fingerprint density at radius 3 is 2.60 bits per heavy atom. The van der Waals surface area contributed by atoms with Gasteiger partial charge in [-0.05, 0) is 43.8 Å². The van der Waals surface area contributed by atoms with Crippen molar-refractivity contribution in [1.82, 2.24) is 4.90 Å². The number of methoxy groups -OCH3 is 1. The third-order valence-corrected chi connectivity index (χ3v) is 3.79. The Labute approximate surface area is 148 Å². The number of likely N-dealkylation sites (N-methyl/N-ethyl adjacent to an activating group) is 1. The number of ketones is 1. The third kappa shape index (κ3) is 6.21. The Balaban J connectivity index is 1.82. The standard InChI is InChI=1S/C20H25NO4/c1-15(22)17-7-5-9-20(11-17)25-14-18(23)13-21(2)12-16-6-4-8-19(10-16)24-3/h4-11,18,23H,12-14H2,1-3H3. The van der Waals surface area contributed by atoms with E-state index in [1.165, 1.54) is 6.92 Å². The Morgan fingerprint density at radius 2 is 1.88 bits per heavy atom. The summed E-state index contributed by atoms with van der Waals surface area (Å²) in [5, 5.41) is 10.2. The average Bonchev–Trinajstić information content (AvgIpc) is 2.60. The van der Waals surface area contributed by atoms with E-state index in [1.807, 2.05) is 36.2 Å². The van der Waals surface area contributed by atoms with Crippen molar-refractivity contribution in [2.75, 3.05) is 27.3 Å². The van der Waals surface area contributed by atoms with Gasteiger partial charge in [-0.15, -0.1) is 0 Å². The zero-order chi connectivity index (χ0) is 18.2. The predicted molar refractivity (Wildman–Crippen MR) is 97.3 cm³/mol. The highest BCUT2D eigenvalue weighted by molar-refractivity contribution is 5.94. The van der Waals surface area contributed by atoms with Crippen molar-refractivity contribution in [3.8, 4) is 11.5 Å². The predicted octanol–water partition coefficient (Wildman–Crippen LogP) is 2.77. The van der Waals surface area contributed by atoms with E-state index < -0.39 is 6.10 Å². The number of Topliss-reactive ketones (excluding diaryl/α,β-unsaturated/α-hetero) is 1. The van der Waals surface area contributed by atoms with Crippen LogP contribution in [0, 0.1) is 0 Å². The number of aliphatic hydroxyl groups is 1. The van der Waals surface area contributed by atoms with Crippen molar-refractivity contribution in [2.24, 2.45) is 0 Å². The second-order valence-electron chi connectivity index (χ2n) is 6.10. The van der Waals surface area contributed by atoms with Crippen LogP contribution < -0.4 is 9.47 Å². The van der Waals surface area contributed by atoms with Crippen LogP contribution >= 0.6 is 0 Å². The fourth-order valence-corrected chi connectivity index (χ4v) is 2.56. The fraction of sp³-hybridized carbons (Fsp3) is 0.350. The molecular formula is C20H25NO4. The SMILES string of the molecule is COc1cccc(CN(C)CC(O)COc2cccc(C(C)=O)c2)c1. The second-order valence-corrected chi connectivity index (χ2v) is 6.10. The summed E-state index contributed by atoms with van der Waals surface area (Å²) in [5.41, 5.74) is 1.71. The third-order valence-electron chi connectivity index (χ3n) is 3.79. The van der Waals surface area contributed by atoms with Crippen LogP contribution in [0.3, 0.4) is 0 Å². The Hall–Kier alpha value is -2.37. The number of ether oxygens (including phenoxy) is 2. The molecule has 0 aliphatic heterocycles. The average molecular weight is 343 g/mol. The largest absolute Gasteiger partial charge is 0.497 e. The van der Waals surface area contributed by atoms with E-state index in [4.69, 9.17) is 9.47 Å². The van der Waals surface area contributed by atoms with Gasteiger partial charge in [0.05, 0.1) is 7.11 Å². The van der Waals surface area contributed by atoms with Crippen LogP contribution in [0.4, 0.5) is 0 Å². The van der Waals surface area contributed by atoms with Gasteiger partial charge in [0.25, 0.3) is 0 Å². The molecule has 1 atom stereocenters. The van der Waals surface area contributed by atoms with Crippen molar-refractivity contribution >= 4 is 5.78 Å². The van der Waals surface area contributed by atoms with Crippen LogP contribution in [0.25, 0.3) is 0 Å². The molecule has 25 heavy (non-hydrogen) atoms. The van der Waals surface area contributed by atoms with E-state index in [1.54, 1.807) is 31.4 Å². The highest BCUT2D eigenvalue weighted by atomic mass is 16.5. The molecule has 1 unspecified atom stereocenters. The zero-order valence-electron chi connectivity index (χ0n) is 14.9. The normalized spacial score (nSPS) is 12.0. The summed E-state index contributed by atoms with van der Waals surface area (Å²) in [6, 6.07) is 14.8. The summed E-state index contributed by atoms with van der Waals surface area (Å²) in [6.07, 6.45) is -0.628. The number of carbonyl (C=O) groups excluding carboxylic acids is 1. The van der Waals surface area contributed by atoms with Gasteiger partial charge in [0.2, 0.25) is 0 Å². The summed E-state index contributed by atoms with van der Waals surface area (Å²) in [6.45, 7) is 2.86. The lowest BCUT2D eigenvalue weighted by molar-refractivity contribution is 0.0743. The van der Waals surface area contributed by atoms with Crippen LogP contribution in [-0.4, -0.2) is 49.2 Å². The maximum Gasteiger partial charge on any atom is 0.159 e. The second kappa shape index (κ2) is 9.20. The van der Waals surface area contributed by atoms with E-state index in [2.05, 4.69) is 0 Å². The van der Waals surface area contributed by atoms with Gasteiger partial charge in [-0.2, -0.15) is 0 Å². The molecule has 0 saturated carbocycles. The molecule has 2 aromatic rings.